The Morgan fingerprint density at radius 1 is 0.724 bits per heavy atom. The van der Waals surface area contributed by atoms with E-state index in [2.05, 4.69) is 21.3 Å². The minimum absolute atomic E-state index is 0.0112. The van der Waals surface area contributed by atoms with Gasteiger partial charge < -0.3 is 51.4 Å². The molecule has 0 aliphatic carbocycles. The van der Waals surface area contributed by atoms with Gasteiger partial charge in [0.25, 0.3) is 5.91 Å². The van der Waals surface area contributed by atoms with Gasteiger partial charge in [0.05, 0.1) is 17.8 Å². The number of hydrogen-bond acceptors (Lipinski definition) is 11. The van der Waals surface area contributed by atoms with Crippen molar-refractivity contribution in [2.45, 2.75) is 138 Å². The van der Waals surface area contributed by atoms with Gasteiger partial charge in [0.15, 0.2) is 0 Å². The second-order valence-corrected chi connectivity index (χ2v) is 23.1. The van der Waals surface area contributed by atoms with Crippen LogP contribution in [0.4, 0.5) is 5.69 Å². The molecule has 21 heteroatoms. The molecule has 402 valence electrons. The molecule has 6 aliphatic heterocycles. The summed E-state index contributed by atoms with van der Waals surface area (Å²) in [6.07, 6.45) is 2.29. The number of nitrogens with one attached hydrogen (secondary N) is 4. The molecule has 0 radical (unpaired) electrons. The van der Waals surface area contributed by atoms with E-state index in [4.69, 9.17) is 5.73 Å². The topological polar surface area (TPSA) is 266 Å². The van der Waals surface area contributed by atoms with Crippen LogP contribution in [0.15, 0.2) is 85.1 Å². The second kappa shape index (κ2) is 20.9. The van der Waals surface area contributed by atoms with Crippen LogP contribution in [-0.4, -0.2) is 162 Å². The van der Waals surface area contributed by atoms with Crippen LogP contribution in [0.3, 0.4) is 0 Å². The van der Waals surface area contributed by atoms with Crippen LogP contribution in [0.25, 0.3) is 10.9 Å². The average Bonchev–Trinajstić information content (AvgIpc) is 4.38. The monoisotopic (exact) mass is 1060 g/mol. The summed E-state index contributed by atoms with van der Waals surface area (Å²) in [4.78, 5) is 124. The van der Waals surface area contributed by atoms with E-state index in [0.717, 1.165) is 5.56 Å². The molecule has 7 heterocycles. The highest BCUT2D eigenvalue weighted by molar-refractivity contribution is 7.84. The van der Waals surface area contributed by atoms with Crippen molar-refractivity contribution in [2.24, 2.45) is 11.7 Å². The quantitative estimate of drug-likeness (QED) is 0.149. The lowest BCUT2D eigenvalue weighted by atomic mass is 9.78. The van der Waals surface area contributed by atoms with E-state index in [-0.39, 0.29) is 63.3 Å². The Labute approximate surface area is 442 Å². The summed E-state index contributed by atoms with van der Waals surface area (Å²) in [6, 6.07) is 14.6. The largest absolute Gasteiger partial charge is 0.391 e. The third-order valence-corrected chi connectivity index (χ3v) is 17.2. The van der Waals surface area contributed by atoms with Gasteiger partial charge in [0.2, 0.25) is 41.4 Å². The molecule has 0 saturated carbocycles. The van der Waals surface area contributed by atoms with Crippen molar-refractivity contribution in [3.8, 4) is 0 Å². The maximum atomic E-state index is 15.4. The smallest absolute Gasteiger partial charge is 0.252 e. The molecule has 1 spiro atoms. The Hall–Kier alpha value is -6.97. The molecule has 8 amide bonds. The van der Waals surface area contributed by atoms with Gasteiger partial charge in [-0.25, -0.2) is 0 Å². The predicted molar refractivity (Wildman–Crippen MR) is 281 cm³/mol. The van der Waals surface area contributed by atoms with Crippen molar-refractivity contribution in [1.29, 1.82) is 0 Å². The number of aliphatic hydroxyl groups is 1. The van der Waals surface area contributed by atoms with E-state index in [0.29, 0.717) is 40.6 Å². The molecule has 1 aromatic heterocycles. The average molecular weight is 1060 g/mol. The van der Waals surface area contributed by atoms with Crippen molar-refractivity contribution >= 4 is 74.6 Å². The van der Waals surface area contributed by atoms with Crippen LogP contribution in [0.1, 0.15) is 76.0 Å². The Kier molecular flexibility index (Phi) is 14.4. The fraction of sp³-hybridized carbons (Fsp3) is 0.491. The minimum atomic E-state index is -1.60. The second-order valence-electron chi connectivity index (χ2n) is 21.6. The van der Waals surface area contributed by atoms with Gasteiger partial charge in [0, 0.05) is 71.4 Å². The van der Waals surface area contributed by atoms with Gasteiger partial charge in [-0.05, 0) is 74.6 Å². The lowest BCUT2D eigenvalue weighted by Crippen LogP contribution is -2.69. The van der Waals surface area contributed by atoms with Crippen molar-refractivity contribution < 1.29 is 47.7 Å². The zero-order valence-corrected chi connectivity index (χ0v) is 43.9. The van der Waals surface area contributed by atoms with Crippen LogP contribution in [0, 0.1) is 5.92 Å². The zero-order chi connectivity index (χ0) is 53.9. The molecule has 4 saturated heterocycles. The highest BCUT2D eigenvalue weighted by Gasteiger charge is 2.68. The number of nitrogens with two attached hydrogens (primary N) is 1. The Morgan fingerprint density at radius 2 is 1.36 bits per heavy atom. The number of anilines is 1. The molecule has 4 aromatic rings. The molecule has 3 aromatic carbocycles. The van der Waals surface area contributed by atoms with Crippen molar-refractivity contribution in [3.05, 3.63) is 102 Å². The Bertz CT molecular complexity index is 3020. The number of amides is 8. The number of aromatic nitrogens is 1. The normalized spacial score (nSPS) is 30.2. The summed E-state index contributed by atoms with van der Waals surface area (Å²) < 4.78 is 14.5. The molecule has 7 N–H and O–H groups in total. The molecule has 12 atom stereocenters. The van der Waals surface area contributed by atoms with E-state index < -0.39 is 124 Å². The van der Waals surface area contributed by atoms with E-state index in [9.17, 15) is 38.1 Å². The van der Waals surface area contributed by atoms with Gasteiger partial charge in [0.1, 0.15) is 54.0 Å². The summed E-state index contributed by atoms with van der Waals surface area (Å²) in [5.41, 5.74) is 8.87. The molecule has 10 rings (SSSR count). The van der Waals surface area contributed by atoms with E-state index >= 15 is 9.59 Å². The summed E-state index contributed by atoms with van der Waals surface area (Å²) >= 11 is 0. The molecule has 12 unspecified atom stereocenters. The number of aliphatic hydroxyl groups excluding tert-OH is 1. The summed E-state index contributed by atoms with van der Waals surface area (Å²) in [7, 11) is -1.35. The standard InChI is InChI=1S/C55H66N10O10S/c1-30(2)44-53(74)62-24-13-21-42(62)48(69)60-45(31(3)66)49(70)58-38-28-55(35-17-9-11-19-40(35)64-52(73)43(65(51(38)72)54(55)64)26-32-14-6-5-7-15-32)63-29-33(34-16-8-10-18-39(34)63)27-36(56)46(67)57-37(22-25-76(4)75)50(71)61-23-12-20-41(61)47(68)59-44/h5-11,14-19,29-31,36-38,41-45,54,66H,12-13,20-28,56H2,1-4H3,(H,57,67)(H,58,70)(H,59,68)(H,60,69). The van der Waals surface area contributed by atoms with Gasteiger partial charge in [-0.2, -0.15) is 0 Å². The molecular formula is C55H66N10O10S. The van der Waals surface area contributed by atoms with Crippen molar-refractivity contribution in [1.82, 2.24) is 40.5 Å². The first-order chi connectivity index (χ1) is 36.4. The predicted octanol–water partition coefficient (Wildman–Crippen LogP) is 0.525. The molecule has 6 aliphatic rings. The number of carbonyl (C=O) groups is 8. The number of piperidine rings is 1. The number of fused-ring (bicyclic) bond motifs is 10. The maximum absolute atomic E-state index is 15.4. The van der Waals surface area contributed by atoms with E-state index in [1.165, 1.54) is 23.0 Å². The van der Waals surface area contributed by atoms with Gasteiger partial charge in [-0.15, -0.1) is 0 Å². The fourth-order valence-electron chi connectivity index (χ4n) is 12.7. The number of rotatable bonds is 7. The summed E-state index contributed by atoms with van der Waals surface area (Å²) in [5, 5.41) is 23.4. The first-order valence-electron chi connectivity index (χ1n) is 26.4. The van der Waals surface area contributed by atoms with E-state index in [1.54, 1.807) is 23.6 Å². The van der Waals surface area contributed by atoms with Crippen LogP contribution < -0.4 is 31.9 Å². The van der Waals surface area contributed by atoms with Crippen LogP contribution in [-0.2, 0) is 67.5 Å². The van der Waals surface area contributed by atoms with Crippen molar-refractivity contribution in [2.75, 3.05) is 30.0 Å². The number of hydrogen-bond donors (Lipinski definition) is 6. The first kappa shape index (κ1) is 52.5. The highest BCUT2D eigenvalue weighted by atomic mass is 32.2. The first-order valence-corrected chi connectivity index (χ1v) is 28.1. The SMILES string of the molecule is CC(C)C1NC(=O)C2CCCN2C(=O)C(CCS(C)=O)NC(=O)C(N)Cc2cn(c3ccccc23)C23CC(NC(=O)C(C(C)O)NC(=O)C4CCCN4C1=O)C(=O)N1C(Cc4ccccc4)C(=O)N(c4ccccc42)C13. The minimum Gasteiger partial charge on any atom is -0.391 e. The van der Waals surface area contributed by atoms with Crippen molar-refractivity contribution in [3.63, 3.8) is 0 Å². The van der Waals surface area contributed by atoms with Crippen LogP contribution in [0.5, 0.6) is 0 Å². The van der Waals surface area contributed by atoms with Gasteiger partial charge >= 0.3 is 0 Å². The van der Waals surface area contributed by atoms with E-state index in [1.807, 2.05) is 89.6 Å². The third-order valence-electron chi connectivity index (χ3n) is 16.4. The van der Waals surface area contributed by atoms with Crippen LogP contribution in [0.2, 0.25) is 0 Å². The van der Waals surface area contributed by atoms with Crippen LogP contribution >= 0.6 is 0 Å². The molecule has 20 nitrogen and oxygen atoms in total. The number of carbonyl (C=O) groups excluding carboxylic acids is 8. The molecule has 4 fully saturated rings. The fourth-order valence-corrected chi connectivity index (χ4v) is 13.3. The number of para-hydroxylation sites is 2. The van der Waals surface area contributed by atoms with Gasteiger partial charge in [-0.3, -0.25) is 47.5 Å². The lowest BCUT2D eigenvalue weighted by Gasteiger charge is -2.49. The molecular weight excluding hydrogens is 993 g/mol. The molecule has 76 heavy (non-hydrogen) atoms. The molecule has 4 bridgehead atoms. The highest BCUT2D eigenvalue weighted by Crippen LogP contribution is 2.57. The Balaban J connectivity index is 1.11. The summed E-state index contributed by atoms with van der Waals surface area (Å²) in [6.45, 7) is 5.17. The lowest BCUT2D eigenvalue weighted by molar-refractivity contribution is -0.148. The number of nitrogens with zero attached hydrogens (tertiary/aromatic N) is 5. The van der Waals surface area contributed by atoms with Gasteiger partial charge in [-0.1, -0.05) is 80.6 Å². The number of benzene rings is 3. The zero-order valence-electron chi connectivity index (χ0n) is 43.1. The Morgan fingerprint density at radius 3 is 2.03 bits per heavy atom. The maximum Gasteiger partial charge on any atom is 0.252 e. The summed E-state index contributed by atoms with van der Waals surface area (Å²) in [5.74, 6) is -5.22. The third kappa shape index (κ3) is 9.12.